The van der Waals surface area contributed by atoms with E-state index in [1.165, 1.54) is 0 Å². The van der Waals surface area contributed by atoms with Crippen LogP contribution in [0.25, 0.3) is 0 Å². The minimum absolute atomic E-state index is 0.0833. The predicted octanol–water partition coefficient (Wildman–Crippen LogP) is 0.949. The lowest BCUT2D eigenvalue weighted by Crippen LogP contribution is -2.32. The summed E-state index contributed by atoms with van der Waals surface area (Å²) in [5.74, 6) is 0.248. The highest BCUT2D eigenvalue weighted by Gasteiger charge is 2.13. The van der Waals surface area contributed by atoms with Crippen LogP contribution in [0.3, 0.4) is 0 Å². The first-order valence-electron chi connectivity index (χ1n) is 3.38. The molecule has 0 rings (SSSR count). The highest BCUT2D eigenvalue weighted by molar-refractivity contribution is 5.85. The van der Waals surface area contributed by atoms with Crippen LogP contribution in [0, 0.1) is 5.92 Å². The maximum Gasteiger partial charge on any atom is 0.152 e. The van der Waals surface area contributed by atoms with E-state index in [1.807, 2.05) is 20.8 Å². The highest BCUT2D eigenvalue weighted by atomic mass is 16.1. The Morgan fingerprint density at radius 2 is 2.00 bits per heavy atom. The molecule has 54 valence electrons. The Kier molecular flexibility index (Phi) is 3.47. The zero-order chi connectivity index (χ0) is 7.44. The summed E-state index contributed by atoms with van der Waals surface area (Å²) < 4.78 is 0. The van der Waals surface area contributed by atoms with E-state index in [4.69, 9.17) is 5.73 Å². The van der Waals surface area contributed by atoms with Gasteiger partial charge in [-0.25, -0.2) is 0 Å². The van der Waals surface area contributed by atoms with Crippen LogP contribution < -0.4 is 5.73 Å². The number of carbonyl (C=O) groups is 1. The molecule has 0 amide bonds. The number of hydrogen-bond acceptors (Lipinski definition) is 2. The molecule has 9 heavy (non-hydrogen) atoms. The van der Waals surface area contributed by atoms with E-state index in [0.29, 0.717) is 0 Å². The Labute approximate surface area is 56.4 Å². The third-order valence-corrected chi connectivity index (χ3v) is 1.37. The standard InChI is InChI=1S/C7H15NO/c1-4-6(8)7(9)5(2)3/h5-6H,4,8H2,1-3H3. The first kappa shape index (κ1) is 8.63. The molecule has 0 bridgehead atoms. The molecule has 2 heteroatoms. The molecule has 0 heterocycles. The second kappa shape index (κ2) is 3.62. The summed E-state index contributed by atoms with van der Waals surface area (Å²) in [4.78, 5) is 10.9. The van der Waals surface area contributed by atoms with E-state index in [-0.39, 0.29) is 17.7 Å². The van der Waals surface area contributed by atoms with Crippen LogP contribution in [0.15, 0.2) is 0 Å². The predicted molar refractivity (Wildman–Crippen MR) is 38.1 cm³/mol. The lowest BCUT2D eigenvalue weighted by Gasteiger charge is -2.09. The van der Waals surface area contributed by atoms with Crippen molar-refractivity contribution in [3.63, 3.8) is 0 Å². The molecule has 0 spiro atoms. The van der Waals surface area contributed by atoms with Gasteiger partial charge in [0.05, 0.1) is 6.04 Å². The van der Waals surface area contributed by atoms with Crippen LogP contribution in [0.2, 0.25) is 0 Å². The Morgan fingerprint density at radius 1 is 1.56 bits per heavy atom. The number of carbonyl (C=O) groups excluding carboxylic acids is 1. The SMILES string of the molecule is CCC(N)C(=O)C(C)C. The minimum Gasteiger partial charge on any atom is -0.322 e. The van der Waals surface area contributed by atoms with Gasteiger partial charge >= 0.3 is 0 Å². The van der Waals surface area contributed by atoms with Crippen molar-refractivity contribution in [3.05, 3.63) is 0 Å². The Bertz CT molecular complexity index is 99.1. The summed E-state index contributed by atoms with van der Waals surface area (Å²) >= 11 is 0. The molecule has 0 aromatic carbocycles. The van der Waals surface area contributed by atoms with Crippen molar-refractivity contribution in [3.8, 4) is 0 Å². The molecule has 2 nitrogen and oxygen atoms in total. The van der Waals surface area contributed by atoms with Gasteiger partial charge in [-0.15, -0.1) is 0 Å². The number of hydrogen-bond donors (Lipinski definition) is 1. The summed E-state index contributed by atoms with van der Waals surface area (Å²) in [6.45, 7) is 5.67. The van der Waals surface area contributed by atoms with E-state index >= 15 is 0 Å². The molecule has 0 saturated carbocycles. The quantitative estimate of drug-likeness (QED) is 0.616. The van der Waals surface area contributed by atoms with Crippen molar-refractivity contribution < 1.29 is 4.79 Å². The lowest BCUT2D eigenvalue weighted by molar-refractivity contribution is -0.123. The van der Waals surface area contributed by atoms with Crippen LogP contribution >= 0.6 is 0 Å². The number of ketones is 1. The van der Waals surface area contributed by atoms with Crippen molar-refractivity contribution in [2.45, 2.75) is 33.2 Å². The molecule has 0 aromatic heterocycles. The van der Waals surface area contributed by atoms with Crippen molar-refractivity contribution in [1.29, 1.82) is 0 Å². The molecule has 0 aromatic rings. The molecular weight excluding hydrogens is 114 g/mol. The summed E-state index contributed by atoms with van der Waals surface area (Å²) in [6, 6.07) is -0.245. The van der Waals surface area contributed by atoms with Crippen LogP contribution in [-0.2, 0) is 4.79 Å². The molecule has 0 radical (unpaired) electrons. The van der Waals surface area contributed by atoms with Gasteiger partial charge in [0.25, 0.3) is 0 Å². The molecule has 2 N–H and O–H groups in total. The monoisotopic (exact) mass is 129 g/mol. The molecule has 0 aliphatic rings. The van der Waals surface area contributed by atoms with E-state index in [9.17, 15) is 4.79 Å². The zero-order valence-corrected chi connectivity index (χ0v) is 6.35. The largest absolute Gasteiger partial charge is 0.322 e. The van der Waals surface area contributed by atoms with Gasteiger partial charge in [0, 0.05) is 5.92 Å². The maximum absolute atomic E-state index is 10.9. The zero-order valence-electron chi connectivity index (χ0n) is 6.35. The maximum atomic E-state index is 10.9. The number of nitrogens with two attached hydrogens (primary N) is 1. The molecule has 1 unspecified atom stereocenters. The first-order valence-corrected chi connectivity index (χ1v) is 3.38. The van der Waals surface area contributed by atoms with Gasteiger partial charge in [-0.1, -0.05) is 20.8 Å². The van der Waals surface area contributed by atoms with Gasteiger partial charge in [-0.2, -0.15) is 0 Å². The van der Waals surface area contributed by atoms with Crippen molar-refractivity contribution in [1.82, 2.24) is 0 Å². The van der Waals surface area contributed by atoms with Gasteiger partial charge < -0.3 is 5.73 Å². The minimum atomic E-state index is -0.245. The normalized spacial score (nSPS) is 13.9. The second-order valence-corrected chi connectivity index (χ2v) is 2.57. The fourth-order valence-electron chi connectivity index (χ4n) is 0.629. The second-order valence-electron chi connectivity index (χ2n) is 2.57. The van der Waals surface area contributed by atoms with Gasteiger partial charge in [0.1, 0.15) is 0 Å². The average molecular weight is 129 g/mol. The summed E-state index contributed by atoms with van der Waals surface area (Å²) in [7, 11) is 0. The van der Waals surface area contributed by atoms with Crippen LogP contribution in [0.5, 0.6) is 0 Å². The number of Topliss-reactive ketones (excluding diaryl/α,β-unsaturated/α-hetero) is 1. The van der Waals surface area contributed by atoms with E-state index in [1.54, 1.807) is 0 Å². The molecule has 0 fully saturated rings. The molecule has 1 atom stereocenters. The fourth-order valence-corrected chi connectivity index (χ4v) is 0.629. The van der Waals surface area contributed by atoms with E-state index < -0.39 is 0 Å². The lowest BCUT2D eigenvalue weighted by atomic mass is 10.0. The molecule has 0 aliphatic heterocycles. The molecule has 0 saturated heterocycles. The fraction of sp³-hybridized carbons (Fsp3) is 0.857. The highest BCUT2D eigenvalue weighted by Crippen LogP contribution is 1.99. The van der Waals surface area contributed by atoms with Crippen molar-refractivity contribution >= 4 is 5.78 Å². The third-order valence-electron chi connectivity index (χ3n) is 1.37. The van der Waals surface area contributed by atoms with Crippen LogP contribution in [0.1, 0.15) is 27.2 Å². The summed E-state index contributed by atoms with van der Waals surface area (Å²) in [5.41, 5.74) is 5.47. The van der Waals surface area contributed by atoms with Crippen LogP contribution in [0.4, 0.5) is 0 Å². The molecular formula is C7H15NO. The smallest absolute Gasteiger partial charge is 0.152 e. The Balaban J connectivity index is 3.73. The number of rotatable bonds is 3. The average Bonchev–Trinajstić information content (AvgIpc) is 1.84. The van der Waals surface area contributed by atoms with Gasteiger partial charge in [-0.3, -0.25) is 4.79 Å². The van der Waals surface area contributed by atoms with Gasteiger partial charge in [-0.05, 0) is 6.42 Å². The Hall–Kier alpha value is -0.370. The van der Waals surface area contributed by atoms with Crippen LogP contribution in [-0.4, -0.2) is 11.8 Å². The van der Waals surface area contributed by atoms with Gasteiger partial charge in [0.2, 0.25) is 0 Å². The topological polar surface area (TPSA) is 43.1 Å². The van der Waals surface area contributed by atoms with Crippen molar-refractivity contribution in [2.75, 3.05) is 0 Å². The first-order chi connectivity index (χ1) is 4.09. The van der Waals surface area contributed by atoms with Crippen molar-refractivity contribution in [2.24, 2.45) is 11.7 Å². The Morgan fingerprint density at radius 3 is 2.11 bits per heavy atom. The van der Waals surface area contributed by atoms with Gasteiger partial charge in [0.15, 0.2) is 5.78 Å². The molecule has 0 aliphatic carbocycles. The van der Waals surface area contributed by atoms with E-state index in [0.717, 1.165) is 6.42 Å². The van der Waals surface area contributed by atoms with E-state index in [2.05, 4.69) is 0 Å². The third kappa shape index (κ3) is 2.61. The summed E-state index contributed by atoms with van der Waals surface area (Å²) in [5, 5.41) is 0. The summed E-state index contributed by atoms with van der Waals surface area (Å²) in [6.07, 6.45) is 0.747.